The van der Waals surface area contributed by atoms with Crippen molar-refractivity contribution in [2.24, 2.45) is 0 Å². The molecule has 0 aliphatic carbocycles. The predicted molar refractivity (Wildman–Crippen MR) is 84.9 cm³/mol. The van der Waals surface area contributed by atoms with E-state index in [4.69, 9.17) is 11.6 Å². The van der Waals surface area contributed by atoms with Gasteiger partial charge >= 0.3 is 0 Å². The van der Waals surface area contributed by atoms with Crippen molar-refractivity contribution < 1.29 is 0 Å². The molecule has 2 aromatic rings. The van der Waals surface area contributed by atoms with Crippen LogP contribution >= 0.6 is 11.6 Å². The van der Waals surface area contributed by atoms with E-state index in [-0.39, 0.29) is 0 Å². The summed E-state index contributed by atoms with van der Waals surface area (Å²) in [7, 11) is 0. The van der Waals surface area contributed by atoms with E-state index in [1.165, 1.54) is 0 Å². The van der Waals surface area contributed by atoms with Gasteiger partial charge in [0.1, 0.15) is 5.82 Å². The van der Waals surface area contributed by atoms with E-state index < -0.39 is 0 Å². The molecule has 0 saturated carbocycles. The maximum Gasteiger partial charge on any atom is 0.155 e. The van der Waals surface area contributed by atoms with Gasteiger partial charge in [-0.2, -0.15) is 4.68 Å². The lowest BCUT2D eigenvalue weighted by Gasteiger charge is -2.11. The fourth-order valence-electron chi connectivity index (χ4n) is 1.99. The topological polar surface area (TPSA) is 55.6 Å². The quantitative estimate of drug-likeness (QED) is 0.891. The number of nitrogens with one attached hydrogen (secondary N) is 1. The first kappa shape index (κ1) is 15.9. The van der Waals surface area contributed by atoms with Gasteiger partial charge < -0.3 is 5.32 Å². The van der Waals surface area contributed by atoms with E-state index in [9.17, 15) is 0 Å². The van der Waals surface area contributed by atoms with E-state index in [0.717, 1.165) is 35.9 Å². The monoisotopic (exact) mass is 307 g/mol. The Hall–Kier alpha value is -1.46. The largest absolute Gasteiger partial charge is 0.310 e. The fourth-order valence-corrected chi connectivity index (χ4v) is 2.16. The molecule has 1 N–H and O–H groups in total. The first-order chi connectivity index (χ1) is 10.0. The van der Waals surface area contributed by atoms with Crippen LogP contribution in [0.2, 0.25) is 5.02 Å². The molecule has 2 heterocycles. The number of aromatic nitrogens is 4. The van der Waals surface area contributed by atoms with Crippen molar-refractivity contribution in [3.8, 4) is 5.82 Å². The van der Waals surface area contributed by atoms with Crippen LogP contribution < -0.4 is 5.32 Å². The summed E-state index contributed by atoms with van der Waals surface area (Å²) < 4.78 is 1.81. The third-order valence-corrected chi connectivity index (χ3v) is 3.53. The standard InChI is InChI=1S/C15H22ClN5/c1-5-13-19-14(6-2)21(20-13)15-7-11(8-17-10(3)4)12(16)9-18-15/h7,9-10,17H,5-6,8H2,1-4H3. The van der Waals surface area contributed by atoms with Gasteiger partial charge in [0, 0.05) is 31.6 Å². The average molecular weight is 308 g/mol. The van der Waals surface area contributed by atoms with E-state index in [0.29, 0.717) is 17.6 Å². The summed E-state index contributed by atoms with van der Waals surface area (Å²) in [6, 6.07) is 2.38. The molecule has 0 spiro atoms. The second kappa shape index (κ2) is 7.00. The molecule has 0 unspecified atom stereocenters. The number of hydrogen-bond donors (Lipinski definition) is 1. The zero-order valence-corrected chi connectivity index (χ0v) is 13.8. The van der Waals surface area contributed by atoms with Gasteiger partial charge in [0.2, 0.25) is 0 Å². The molecule has 0 fully saturated rings. The van der Waals surface area contributed by atoms with Gasteiger partial charge in [-0.3, -0.25) is 0 Å². The molecule has 0 saturated heterocycles. The minimum absolute atomic E-state index is 0.405. The zero-order valence-electron chi connectivity index (χ0n) is 13.0. The van der Waals surface area contributed by atoms with Gasteiger partial charge in [-0.05, 0) is 11.6 Å². The highest BCUT2D eigenvalue weighted by molar-refractivity contribution is 6.31. The van der Waals surface area contributed by atoms with Crippen molar-refractivity contribution in [3.05, 3.63) is 34.5 Å². The average Bonchev–Trinajstić information content (AvgIpc) is 2.89. The van der Waals surface area contributed by atoms with Gasteiger partial charge in [-0.15, -0.1) is 5.10 Å². The molecule has 2 rings (SSSR count). The van der Waals surface area contributed by atoms with Crippen molar-refractivity contribution >= 4 is 11.6 Å². The second-order valence-electron chi connectivity index (χ2n) is 5.23. The minimum atomic E-state index is 0.405. The second-order valence-corrected chi connectivity index (χ2v) is 5.64. The number of nitrogens with zero attached hydrogens (tertiary/aromatic N) is 4. The molecule has 0 aliphatic rings. The van der Waals surface area contributed by atoms with Crippen LogP contribution in [0.25, 0.3) is 5.82 Å². The lowest BCUT2D eigenvalue weighted by molar-refractivity contribution is 0.588. The van der Waals surface area contributed by atoms with Gasteiger partial charge in [0.05, 0.1) is 5.02 Å². The Morgan fingerprint density at radius 3 is 2.67 bits per heavy atom. The number of aryl methyl sites for hydroxylation is 2. The van der Waals surface area contributed by atoms with Crippen molar-refractivity contribution in [1.29, 1.82) is 0 Å². The SMILES string of the molecule is CCc1nc(CC)n(-c2cc(CNC(C)C)c(Cl)cn2)n1. The highest BCUT2D eigenvalue weighted by Gasteiger charge is 2.12. The lowest BCUT2D eigenvalue weighted by atomic mass is 10.2. The third kappa shape index (κ3) is 3.80. The molecule has 0 aliphatic heterocycles. The number of rotatable bonds is 6. The molecule has 0 bridgehead atoms. The molecule has 0 aromatic carbocycles. The van der Waals surface area contributed by atoms with E-state index >= 15 is 0 Å². The lowest BCUT2D eigenvalue weighted by Crippen LogP contribution is -2.22. The van der Waals surface area contributed by atoms with Crippen molar-refractivity contribution in [1.82, 2.24) is 25.1 Å². The highest BCUT2D eigenvalue weighted by Crippen LogP contribution is 2.18. The number of pyridine rings is 1. The molecular weight excluding hydrogens is 286 g/mol. The Morgan fingerprint density at radius 1 is 1.29 bits per heavy atom. The highest BCUT2D eigenvalue weighted by atomic mass is 35.5. The van der Waals surface area contributed by atoms with Gasteiger partial charge in [0.25, 0.3) is 0 Å². The summed E-state index contributed by atoms with van der Waals surface area (Å²) in [6.07, 6.45) is 3.31. The van der Waals surface area contributed by atoms with Crippen molar-refractivity contribution in [2.45, 2.75) is 53.1 Å². The molecule has 0 amide bonds. The van der Waals surface area contributed by atoms with Crippen LogP contribution in [0.3, 0.4) is 0 Å². The van der Waals surface area contributed by atoms with Crippen molar-refractivity contribution in [2.75, 3.05) is 0 Å². The van der Waals surface area contributed by atoms with Crippen LogP contribution in [0.15, 0.2) is 12.3 Å². The Bertz CT molecular complexity index is 606. The van der Waals surface area contributed by atoms with E-state index in [1.807, 2.05) is 17.7 Å². The Balaban J connectivity index is 2.35. The molecule has 6 heteroatoms. The molecule has 21 heavy (non-hydrogen) atoms. The summed E-state index contributed by atoms with van der Waals surface area (Å²) in [6.45, 7) is 9.04. The normalized spacial score (nSPS) is 11.3. The number of halogens is 1. The van der Waals surface area contributed by atoms with E-state index in [2.05, 4.69) is 41.2 Å². The molecule has 0 atom stereocenters. The molecule has 5 nitrogen and oxygen atoms in total. The third-order valence-electron chi connectivity index (χ3n) is 3.19. The summed E-state index contributed by atoms with van der Waals surface area (Å²) >= 11 is 6.23. The Kier molecular flexibility index (Phi) is 5.31. The fraction of sp³-hybridized carbons (Fsp3) is 0.533. The smallest absolute Gasteiger partial charge is 0.155 e. The summed E-state index contributed by atoms with van der Waals surface area (Å²) in [5, 5.41) is 8.55. The number of hydrogen-bond acceptors (Lipinski definition) is 4. The summed E-state index contributed by atoms with van der Waals surface area (Å²) in [5.41, 5.74) is 1.02. The van der Waals surface area contributed by atoms with Crippen LogP contribution in [-0.2, 0) is 19.4 Å². The zero-order chi connectivity index (χ0) is 15.4. The first-order valence-corrected chi connectivity index (χ1v) is 7.75. The molecular formula is C15H22ClN5. The Morgan fingerprint density at radius 2 is 2.05 bits per heavy atom. The predicted octanol–water partition coefficient (Wildman–Crippen LogP) is 2.94. The maximum absolute atomic E-state index is 6.23. The molecule has 0 radical (unpaired) electrons. The van der Waals surface area contributed by atoms with Crippen LogP contribution in [0.5, 0.6) is 0 Å². The molecule has 114 valence electrons. The Labute approximate surface area is 130 Å². The summed E-state index contributed by atoms with van der Waals surface area (Å²) in [4.78, 5) is 8.91. The van der Waals surface area contributed by atoms with Crippen LogP contribution in [0.4, 0.5) is 0 Å². The van der Waals surface area contributed by atoms with Gasteiger partial charge in [-0.1, -0.05) is 39.3 Å². The van der Waals surface area contributed by atoms with Crippen molar-refractivity contribution in [3.63, 3.8) is 0 Å². The minimum Gasteiger partial charge on any atom is -0.310 e. The van der Waals surface area contributed by atoms with Gasteiger partial charge in [-0.25, -0.2) is 9.97 Å². The maximum atomic E-state index is 6.23. The first-order valence-electron chi connectivity index (χ1n) is 7.38. The van der Waals surface area contributed by atoms with E-state index in [1.54, 1.807) is 6.20 Å². The van der Waals surface area contributed by atoms with Crippen LogP contribution in [0.1, 0.15) is 44.9 Å². The van der Waals surface area contributed by atoms with Crippen LogP contribution in [0, 0.1) is 0 Å². The summed E-state index contributed by atoms with van der Waals surface area (Å²) in [5.74, 6) is 2.53. The molecule has 2 aromatic heterocycles. The van der Waals surface area contributed by atoms with Gasteiger partial charge in [0.15, 0.2) is 11.6 Å². The van der Waals surface area contributed by atoms with Crippen LogP contribution in [-0.4, -0.2) is 25.8 Å².